The summed E-state index contributed by atoms with van der Waals surface area (Å²) < 4.78 is 5.17. The molecule has 1 aliphatic rings. The standard InChI is InChI=1S/C32H34N2O4/c1-2-38-32(37)28-16-10-20-33(24-28)31(36)22-27-15-9-17-29(21-27)34(23-26-13-7-4-8-14-26)30(35)19-18-25-11-5-3-6-12-25/h3-9,11-15,17-19,21,28H,2,10,16,20,22-24H2,1H3/b19-18+/t28-/m0/s1. The fourth-order valence-electron chi connectivity index (χ4n) is 4.66. The summed E-state index contributed by atoms with van der Waals surface area (Å²) in [6.45, 7) is 3.57. The summed E-state index contributed by atoms with van der Waals surface area (Å²) in [5, 5.41) is 0. The summed E-state index contributed by atoms with van der Waals surface area (Å²) >= 11 is 0. The predicted molar refractivity (Wildman–Crippen MR) is 149 cm³/mol. The van der Waals surface area contributed by atoms with Crippen molar-refractivity contribution < 1.29 is 19.1 Å². The van der Waals surface area contributed by atoms with E-state index in [1.54, 1.807) is 22.8 Å². The maximum atomic E-state index is 13.4. The van der Waals surface area contributed by atoms with Crippen LogP contribution >= 0.6 is 0 Å². The zero-order chi connectivity index (χ0) is 26.7. The zero-order valence-electron chi connectivity index (χ0n) is 21.8. The molecule has 196 valence electrons. The Labute approximate surface area is 224 Å². The lowest BCUT2D eigenvalue weighted by Crippen LogP contribution is -2.43. The molecule has 38 heavy (non-hydrogen) atoms. The summed E-state index contributed by atoms with van der Waals surface area (Å²) in [5.74, 6) is -0.671. The number of esters is 1. The van der Waals surface area contributed by atoms with Gasteiger partial charge < -0.3 is 14.5 Å². The average Bonchev–Trinajstić information content (AvgIpc) is 2.96. The van der Waals surface area contributed by atoms with E-state index in [1.807, 2.05) is 91.0 Å². The summed E-state index contributed by atoms with van der Waals surface area (Å²) in [6.07, 6.45) is 5.12. The van der Waals surface area contributed by atoms with Crippen molar-refractivity contribution in [2.75, 3.05) is 24.6 Å². The van der Waals surface area contributed by atoms with E-state index in [4.69, 9.17) is 4.74 Å². The molecule has 6 heteroatoms. The average molecular weight is 511 g/mol. The normalized spacial score (nSPS) is 15.3. The van der Waals surface area contributed by atoms with Crippen LogP contribution in [0.4, 0.5) is 5.69 Å². The lowest BCUT2D eigenvalue weighted by Gasteiger charge is -2.31. The Morgan fingerprint density at radius 2 is 1.66 bits per heavy atom. The highest BCUT2D eigenvalue weighted by molar-refractivity contribution is 6.03. The Morgan fingerprint density at radius 1 is 0.947 bits per heavy atom. The SMILES string of the molecule is CCOC(=O)[C@H]1CCCN(C(=O)Cc2cccc(N(Cc3ccccc3)C(=O)/C=C/c3ccccc3)c2)C1. The molecular formula is C32H34N2O4. The first-order valence-corrected chi connectivity index (χ1v) is 13.2. The first kappa shape index (κ1) is 26.9. The van der Waals surface area contributed by atoms with Gasteiger partial charge >= 0.3 is 5.97 Å². The van der Waals surface area contributed by atoms with Crippen molar-refractivity contribution in [1.82, 2.24) is 4.90 Å². The van der Waals surface area contributed by atoms with Crippen molar-refractivity contribution in [2.45, 2.75) is 32.7 Å². The van der Waals surface area contributed by atoms with Crippen LogP contribution in [0.1, 0.15) is 36.5 Å². The maximum Gasteiger partial charge on any atom is 0.310 e. The smallest absolute Gasteiger partial charge is 0.310 e. The summed E-state index contributed by atoms with van der Waals surface area (Å²) in [5.41, 5.74) is 3.50. The number of hydrogen-bond acceptors (Lipinski definition) is 4. The molecule has 1 aliphatic heterocycles. The van der Waals surface area contributed by atoms with Crippen LogP contribution in [0.2, 0.25) is 0 Å². The number of likely N-dealkylation sites (tertiary alicyclic amines) is 1. The first-order chi connectivity index (χ1) is 18.5. The molecular weight excluding hydrogens is 476 g/mol. The molecule has 0 aliphatic carbocycles. The summed E-state index contributed by atoms with van der Waals surface area (Å²) in [4.78, 5) is 42.2. The molecule has 3 aromatic carbocycles. The van der Waals surface area contributed by atoms with E-state index in [9.17, 15) is 14.4 Å². The van der Waals surface area contributed by atoms with Crippen LogP contribution in [-0.4, -0.2) is 42.4 Å². The number of anilines is 1. The number of ether oxygens (including phenoxy) is 1. The number of nitrogens with zero attached hydrogens (tertiary/aromatic N) is 2. The highest BCUT2D eigenvalue weighted by Crippen LogP contribution is 2.23. The Morgan fingerprint density at radius 3 is 2.39 bits per heavy atom. The van der Waals surface area contributed by atoms with E-state index in [-0.39, 0.29) is 30.1 Å². The molecule has 0 unspecified atom stereocenters. The fraction of sp³-hybridized carbons (Fsp3) is 0.281. The highest BCUT2D eigenvalue weighted by atomic mass is 16.5. The quantitative estimate of drug-likeness (QED) is 0.290. The Balaban J connectivity index is 1.50. The number of hydrogen-bond donors (Lipinski definition) is 0. The second-order valence-electron chi connectivity index (χ2n) is 9.43. The second kappa shape index (κ2) is 13.4. The lowest BCUT2D eigenvalue weighted by molar-refractivity contribution is -0.151. The predicted octanol–water partition coefficient (Wildman–Crippen LogP) is 5.28. The van der Waals surface area contributed by atoms with Crippen LogP contribution in [0, 0.1) is 5.92 Å². The molecule has 2 amide bonds. The second-order valence-corrected chi connectivity index (χ2v) is 9.43. The molecule has 1 heterocycles. The molecule has 0 saturated carbocycles. The van der Waals surface area contributed by atoms with E-state index in [0.29, 0.717) is 26.2 Å². The van der Waals surface area contributed by atoms with Crippen LogP contribution in [0.15, 0.2) is 91.0 Å². The largest absolute Gasteiger partial charge is 0.466 e. The van der Waals surface area contributed by atoms with Crippen LogP contribution in [0.3, 0.4) is 0 Å². The van der Waals surface area contributed by atoms with Crippen molar-refractivity contribution in [3.05, 3.63) is 108 Å². The van der Waals surface area contributed by atoms with Crippen LogP contribution < -0.4 is 4.90 Å². The topological polar surface area (TPSA) is 66.9 Å². The summed E-state index contributed by atoms with van der Waals surface area (Å²) in [7, 11) is 0. The van der Waals surface area contributed by atoms with Crippen LogP contribution in [0.25, 0.3) is 6.08 Å². The lowest BCUT2D eigenvalue weighted by atomic mass is 9.97. The first-order valence-electron chi connectivity index (χ1n) is 13.2. The van der Waals surface area contributed by atoms with Crippen LogP contribution in [-0.2, 0) is 32.1 Å². The maximum absolute atomic E-state index is 13.4. The fourth-order valence-corrected chi connectivity index (χ4v) is 4.66. The molecule has 0 spiro atoms. The number of piperidine rings is 1. The van der Waals surface area contributed by atoms with Gasteiger partial charge in [0.25, 0.3) is 5.91 Å². The molecule has 1 fully saturated rings. The Kier molecular flexibility index (Phi) is 9.46. The number of amides is 2. The van der Waals surface area contributed by atoms with Gasteiger partial charge in [0.05, 0.1) is 25.5 Å². The third-order valence-electron chi connectivity index (χ3n) is 6.64. The van der Waals surface area contributed by atoms with Gasteiger partial charge in [0.2, 0.25) is 5.91 Å². The minimum absolute atomic E-state index is 0.0268. The molecule has 0 radical (unpaired) electrons. The molecule has 1 atom stereocenters. The van der Waals surface area contributed by atoms with Gasteiger partial charge in [0, 0.05) is 24.9 Å². The molecule has 6 nitrogen and oxygen atoms in total. The molecule has 3 aromatic rings. The zero-order valence-corrected chi connectivity index (χ0v) is 21.8. The van der Waals surface area contributed by atoms with E-state index < -0.39 is 0 Å². The van der Waals surface area contributed by atoms with Crippen molar-refractivity contribution >= 4 is 29.5 Å². The van der Waals surface area contributed by atoms with Crippen molar-refractivity contribution in [3.63, 3.8) is 0 Å². The third kappa shape index (κ3) is 7.42. The van der Waals surface area contributed by atoms with Gasteiger partial charge in [0.15, 0.2) is 0 Å². The van der Waals surface area contributed by atoms with Gasteiger partial charge in [-0.15, -0.1) is 0 Å². The van der Waals surface area contributed by atoms with E-state index in [2.05, 4.69) is 0 Å². The number of carbonyl (C=O) groups is 3. The number of rotatable bonds is 9. The molecule has 0 bridgehead atoms. The van der Waals surface area contributed by atoms with Gasteiger partial charge in [-0.25, -0.2) is 0 Å². The van der Waals surface area contributed by atoms with Gasteiger partial charge in [0.1, 0.15) is 0 Å². The van der Waals surface area contributed by atoms with Gasteiger partial charge in [-0.2, -0.15) is 0 Å². The van der Waals surface area contributed by atoms with Gasteiger partial charge in [-0.3, -0.25) is 14.4 Å². The monoisotopic (exact) mass is 510 g/mol. The van der Waals surface area contributed by atoms with Gasteiger partial charge in [-0.1, -0.05) is 72.8 Å². The highest BCUT2D eigenvalue weighted by Gasteiger charge is 2.29. The molecule has 0 aromatic heterocycles. The number of benzene rings is 3. The van der Waals surface area contributed by atoms with E-state index in [1.165, 1.54) is 0 Å². The van der Waals surface area contributed by atoms with Crippen LogP contribution in [0.5, 0.6) is 0 Å². The Bertz CT molecular complexity index is 1260. The van der Waals surface area contributed by atoms with Gasteiger partial charge in [-0.05, 0) is 54.7 Å². The Hall–Kier alpha value is -4.19. The summed E-state index contributed by atoms with van der Waals surface area (Å²) in [6, 6.07) is 27.1. The third-order valence-corrected chi connectivity index (χ3v) is 6.64. The van der Waals surface area contributed by atoms with Crippen molar-refractivity contribution in [3.8, 4) is 0 Å². The molecule has 4 rings (SSSR count). The number of carbonyl (C=O) groups excluding carboxylic acids is 3. The van der Waals surface area contributed by atoms with E-state index in [0.717, 1.165) is 35.2 Å². The van der Waals surface area contributed by atoms with Crippen molar-refractivity contribution in [1.29, 1.82) is 0 Å². The van der Waals surface area contributed by atoms with E-state index >= 15 is 0 Å². The molecule has 0 N–H and O–H groups in total. The van der Waals surface area contributed by atoms with Crippen molar-refractivity contribution in [2.24, 2.45) is 5.92 Å². The molecule has 1 saturated heterocycles. The minimum Gasteiger partial charge on any atom is -0.466 e. The minimum atomic E-state index is -0.269.